The minimum atomic E-state index is -0.478. The normalized spacial score (nSPS) is 9.90. The summed E-state index contributed by atoms with van der Waals surface area (Å²) in [5, 5.41) is 3.61. The molecule has 2 aromatic rings. The van der Waals surface area contributed by atoms with Gasteiger partial charge in [-0.05, 0) is 19.4 Å². The van der Waals surface area contributed by atoms with Gasteiger partial charge in [0.2, 0.25) is 0 Å². The first-order valence-electron chi connectivity index (χ1n) is 6.05. The first-order chi connectivity index (χ1) is 9.67. The molecule has 1 aromatic heterocycles. The Morgan fingerprint density at radius 2 is 2.25 bits per heavy atom. The van der Waals surface area contributed by atoms with Gasteiger partial charge in [0.05, 0.1) is 6.61 Å². The fourth-order valence-electron chi connectivity index (χ4n) is 1.80. The molecule has 0 unspecified atom stereocenters. The Kier molecular flexibility index (Phi) is 4.02. The number of ether oxygens (including phenoxy) is 1. The molecule has 1 N–H and O–H groups in total. The van der Waals surface area contributed by atoms with E-state index in [0.29, 0.717) is 22.8 Å². The molecule has 7 nitrogen and oxygen atoms in total. The van der Waals surface area contributed by atoms with Gasteiger partial charge in [0, 0.05) is 21.9 Å². The summed E-state index contributed by atoms with van der Waals surface area (Å²) in [5.41, 5.74) is 10.5. The van der Waals surface area contributed by atoms with Crippen LogP contribution in [0.1, 0.15) is 23.1 Å². The molecule has 0 spiro atoms. The van der Waals surface area contributed by atoms with E-state index in [0.717, 1.165) is 0 Å². The first kappa shape index (κ1) is 13.6. The van der Waals surface area contributed by atoms with Crippen molar-refractivity contribution in [3.8, 4) is 11.4 Å². The molecule has 0 saturated heterocycles. The summed E-state index contributed by atoms with van der Waals surface area (Å²) < 4.78 is 4.93. The molecule has 0 saturated carbocycles. The molecular weight excluding hydrogens is 258 g/mol. The molecule has 0 atom stereocenters. The molecule has 102 valence electrons. The van der Waals surface area contributed by atoms with Crippen molar-refractivity contribution in [3.05, 3.63) is 46.1 Å². The molecule has 0 aliphatic heterocycles. The van der Waals surface area contributed by atoms with Gasteiger partial charge in [0.25, 0.3) is 0 Å². The van der Waals surface area contributed by atoms with Gasteiger partial charge in [-0.25, -0.2) is 9.78 Å². The largest absolute Gasteiger partial charge is 0.461 e. The maximum Gasteiger partial charge on any atom is 0.358 e. The zero-order valence-corrected chi connectivity index (χ0v) is 11.1. The van der Waals surface area contributed by atoms with E-state index >= 15 is 0 Å². The highest BCUT2D eigenvalue weighted by Gasteiger charge is 2.17. The van der Waals surface area contributed by atoms with Gasteiger partial charge >= 0.3 is 5.97 Å². The van der Waals surface area contributed by atoms with Crippen LogP contribution in [0.2, 0.25) is 0 Å². The van der Waals surface area contributed by atoms with E-state index in [-0.39, 0.29) is 12.3 Å². The third-order valence-corrected chi connectivity index (χ3v) is 2.67. The van der Waals surface area contributed by atoms with Crippen molar-refractivity contribution in [3.63, 3.8) is 0 Å². The van der Waals surface area contributed by atoms with Crippen LogP contribution in [0.4, 0.5) is 5.69 Å². The van der Waals surface area contributed by atoms with Crippen LogP contribution in [0.5, 0.6) is 0 Å². The van der Waals surface area contributed by atoms with Crippen LogP contribution < -0.4 is 0 Å². The van der Waals surface area contributed by atoms with Crippen LogP contribution in [0.3, 0.4) is 0 Å². The third kappa shape index (κ3) is 2.62. The van der Waals surface area contributed by atoms with Crippen LogP contribution in [-0.2, 0) is 4.74 Å². The quantitative estimate of drug-likeness (QED) is 0.398. The van der Waals surface area contributed by atoms with E-state index in [4.69, 9.17) is 10.3 Å². The summed E-state index contributed by atoms with van der Waals surface area (Å²) >= 11 is 0. The molecule has 0 amide bonds. The average Bonchev–Trinajstić information content (AvgIpc) is 2.82. The number of rotatable bonds is 4. The number of imidazole rings is 1. The lowest BCUT2D eigenvalue weighted by molar-refractivity contribution is 0.0519. The Balaban J connectivity index is 2.47. The molecule has 0 fully saturated rings. The van der Waals surface area contributed by atoms with Gasteiger partial charge in [0.1, 0.15) is 5.82 Å². The van der Waals surface area contributed by atoms with Gasteiger partial charge in [-0.15, -0.1) is 0 Å². The number of azide groups is 1. The number of aromatic nitrogens is 2. The van der Waals surface area contributed by atoms with Gasteiger partial charge in [-0.1, -0.05) is 29.4 Å². The van der Waals surface area contributed by atoms with Crippen LogP contribution in [0.25, 0.3) is 21.8 Å². The number of hydrogen-bond donors (Lipinski definition) is 1. The van der Waals surface area contributed by atoms with E-state index < -0.39 is 5.97 Å². The Morgan fingerprint density at radius 3 is 2.95 bits per heavy atom. The predicted octanol–water partition coefficient (Wildman–Crippen LogP) is 3.50. The maximum absolute atomic E-state index is 11.7. The fourth-order valence-corrected chi connectivity index (χ4v) is 1.80. The molecule has 0 aliphatic rings. The lowest BCUT2D eigenvalue weighted by Crippen LogP contribution is -2.06. The molecular formula is C13H13N5O2. The Hall–Kier alpha value is -2.79. The van der Waals surface area contributed by atoms with Gasteiger partial charge in [-0.2, -0.15) is 0 Å². The van der Waals surface area contributed by atoms with E-state index in [1.54, 1.807) is 38.1 Å². The fraction of sp³-hybridized carbons (Fsp3) is 0.231. The topological polar surface area (TPSA) is 104 Å². The zero-order chi connectivity index (χ0) is 14.5. The Bertz CT molecular complexity index is 686. The second-order valence-corrected chi connectivity index (χ2v) is 3.99. The number of aryl methyl sites for hydroxylation is 1. The highest BCUT2D eigenvalue weighted by molar-refractivity contribution is 5.89. The number of esters is 1. The average molecular weight is 271 g/mol. The maximum atomic E-state index is 11.7. The van der Waals surface area contributed by atoms with Crippen LogP contribution in [0, 0.1) is 6.92 Å². The number of carbonyl (C=O) groups excluding carboxylic acids is 1. The van der Waals surface area contributed by atoms with Gasteiger partial charge < -0.3 is 9.72 Å². The van der Waals surface area contributed by atoms with Crippen LogP contribution in [-0.4, -0.2) is 22.5 Å². The first-order valence-corrected chi connectivity index (χ1v) is 6.05. The van der Waals surface area contributed by atoms with Crippen molar-refractivity contribution < 1.29 is 9.53 Å². The summed E-state index contributed by atoms with van der Waals surface area (Å²) in [6.07, 6.45) is 0. The summed E-state index contributed by atoms with van der Waals surface area (Å²) in [7, 11) is 0. The smallest absolute Gasteiger partial charge is 0.358 e. The van der Waals surface area contributed by atoms with E-state index in [9.17, 15) is 4.79 Å². The number of nitrogens with one attached hydrogen (secondary N) is 1. The van der Waals surface area contributed by atoms with Crippen LogP contribution >= 0.6 is 0 Å². The molecule has 1 aromatic carbocycles. The number of aromatic amines is 1. The number of carbonyl (C=O) groups is 1. The molecule has 0 bridgehead atoms. The number of benzene rings is 1. The molecule has 20 heavy (non-hydrogen) atoms. The lowest BCUT2D eigenvalue weighted by Gasteiger charge is -2.00. The van der Waals surface area contributed by atoms with E-state index in [1.165, 1.54) is 0 Å². The standard InChI is InChI=1S/C13H13N5O2/c1-3-20-13(19)11-8(2)15-12(16-11)9-6-4-5-7-10(9)17-18-14/h4-7H,3H2,1-2H3,(H,15,16). The second kappa shape index (κ2) is 5.90. The van der Waals surface area contributed by atoms with E-state index in [2.05, 4.69) is 20.0 Å². The summed E-state index contributed by atoms with van der Waals surface area (Å²) in [5.74, 6) is -0.0117. The number of hydrogen-bond acceptors (Lipinski definition) is 4. The minimum absolute atomic E-state index is 0.234. The highest BCUT2D eigenvalue weighted by atomic mass is 16.5. The molecule has 2 rings (SSSR count). The van der Waals surface area contributed by atoms with Crippen molar-refractivity contribution in [1.29, 1.82) is 0 Å². The highest BCUT2D eigenvalue weighted by Crippen LogP contribution is 2.28. The van der Waals surface area contributed by atoms with Crippen molar-refractivity contribution in [2.24, 2.45) is 5.11 Å². The second-order valence-electron chi connectivity index (χ2n) is 3.99. The summed E-state index contributed by atoms with van der Waals surface area (Å²) in [6, 6.07) is 7.00. The van der Waals surface area contributed by atoms with Crippen molar-refractivity contribution in [1.82, 2.24) is 9.97 Å². The minimum Gasteiger partial charge on any atom is -0.461 e. The van der Waals surface area contributed by atoms with E-state index in [1.807, 2.05) is 0 Å². The van der Waals surface area contributed by atoms with Crippen molar-refractivity contribution in [2.75, 3.05) is 6.61 Å². The number of nitrogens with zero attached hydrogens (tertiary/aromatic N) is 4. The van der Waals surface area contributed by atoms with Gasteiger partial charge in [0.15, 0.2) is 5.69 Å². The molecule has 0 aliphatic carbocycles. The third-order valence-electron chi connectivity index (χ3n) is 2.67. The molecule has 0 radical (unpaired) electrons. The Morgan fingerprint density at radius 1 is 1.50 bits per heavy atom. The SMILES string of the molecule is CCOC(=O)c1nc(-c2ccccc2N=[N+]=[N-])[nH]c1C. The zero-order valence-electron chi connectivity index (χ0n) is 11.1. The predicted molar refractivity (Wildman–Crippen MR) is 73.5 cm³/mol. The number of H-pyrrole nitrogens is 1. The molecule has 7 heteroatoms. The van der Waals surface area contributed by atoms with Gasteiger partial charge in [-0.3, -0.25) is 0 Å². The lowest BCUT2D eigenvalue weighted by atomic mass is 10.2. The van der Waals surface area contributed by atoms with Crippen molar-refractivity contribution in [2.45, 2.75) is 13.8 Å². The Labute approximate surface area is 115 Å². The summed E-state index contributed by atoms with van der Waals surface area (Å²) in [6.45, 7) is 3.76. The molecule has 1 heterocycles. The monoisotopic (exact) mass is 271 g/mol. The summed E-state index contributed by atoms with van der Waals surface area (Å²) in [4.78, 5) is 21.7. The van der Waals surface area contributed by atoms with Crippen molar-refractivity contribution >= 4 is 11.7 Å². The van der Waals surface area contributed by atoms with Crippen LogP contribution in [0.15, 0.2) is 29.4 Å².